The van der Waals surface area contributed by atoms with E-state index in [0.717, 1.165) is 41.2 Å². The predicted molar refractivity (Wildman–Crippen MR) is 109 cm³/mol. The van der Waals surface area contributed by atoms with Crippen LogP contribution in [-0.4, -0.2) is 30.1 Å². The molecule has 0 bridgehead atoms. The molecular weight excluding hydrogens is 388 g/mol. The van der Waals surface area contributed by atoms with E-state index < -0.39 is 0 Å². The van der Waals surface area contributed by atoms with Crippen LogP contribution in [-0.2, 0) is 11.2 Å². The number of aryl methyl sites for hydroxylation is 1. The number of halogens is 1. The third-order valence-corrected chi connectivity index (χ3v) is 6.78. The first kappa shape index (κ1) is 17.9. The van der Waals surface area contributed by atoms with Gasteiger partial charge in [-0.25, -0.2) is 4.98 Å². The van der Waals surface area contributed by atoms with Gasteiger partial charge in [-0.05, 0) is 49.1 Å². The first-order chi connectivity index (χ1) is 12.6. The standard InChI is InChI=1S/C19H19ClN2O2S2/c1-2-12-5-6-14-16(10-12)26-19(21-14)22(11-13-4-3-9-24-13)18(23)15-7-8-17(20)25-15/h5-8,10,13H,2-4,9,11H2,1H3. The van der Waals surface area contributed by atoms with Crippen LogP contribution in [0.25, 0.3) is 10.2 Å². The number of hydrogen-bond donors (Lipinski definition) is 0. The van der Waals surface area contributed by atoms with Gasteiger partial charge in [0.2, 0.25) is 0 Å². The van der Waals surface area contributed by atoms with Gasteiger partial charge in [0.15, 0.2) is 5.13 Å². The van der Waals surface area contributed by atoms with Gasteiger partial charge in [-0.3, -0.25) is 9.69 Å². The molecule has 1 fully saturated rings. The van der Waals surface area contributed by atoms with Gasteiger partial charge < -0.3 is 4.74 Å². The number of carbonyl (C=O) groups excluding carboxylic acids is 1. The van der Waals surface area contributed by atoms with Gasteiger partial charge in [-0.15, -0.1) is 11.3 Å². The Morgan fingerprint density at radius 1 is 1.35 bits per heavy atom. The summed E-state index contributed by atoms with van der Waals surface area (Å²) in [4.78, 5) is 20.2. The van der Waals surface area contributed by atoms with Crippen LogP contribution in [0, 0.1) is 0 Å². The Bertz CT molecular complexity index is 931. The zero-order chi connectivity index (χ0) is 18.1. The van der Waals surface area contributed by atoms with Gasteiger partial charge in [0, 0.05) is 6.61 Å². The van der Waals surface area contributed by atoms with E-state index in [9.17, 15) is 4.79 Å². The second-order valence-corrected chi connectivity index (χ2v) is 9.03. The van der Waals surface area contributed by atoms with Gasteiger partial charge in [0.05, 0.1) is 32.1 Å². The fraction of sp³-hybridized carbons (Fsp3) is 0.368. The topological polar surface area (TPSA) is 42.4 Å². The zero-order valence-electron chi connectivity index (χ0n) is 14.4. The minimum Gasteiger partial charge on any atom is -0.376 e. The third kappa shape index (κ3) is 3.64. The molecule has 2 aromatic heterocycles. The van der Waals surface area contributed by atoms with E-state index >= 15 is 0 Å². The molecule has 1 aliphatic heterocycles. The number of hydrogen-bond acceptors (Lipinski definition) is 5. The monoisotopic (exact) mass is 406 g/mol. The fourth-order valence-electron chi connectivity index (χ4n) is 3.09. The molecule has 1 atom stereocenters. The largest absolute Gasteiger partial charge is 0.376 e. The van der Waals surface area contributed by atoms with Crippen molar-refractivity contribution in [1.29, 1.82) is 0 Å². The normalized spacial score (nSPS) is 17.1. The SMILES string of the molecule is CCc1ccc2nc(N(CC3CCCO3)C(=O)c3ccc(Cl)s3)sc2c1. The number of thiophene rings is 1. The summed E-state index contributed by atoms with van der Waals surface area (Å²) < 4.78 is 7.49. The van der Waals surface area contributed by atoms with Gasteiger partial charge in [0.1, 0.15) is 0 Å². The van der Waals surface area contributed by atoms with Crippen LogP contribution in [0.1, 0.15) is 35.0 Å². The molecule has 7 heteroatoms. The minimum atomic E-state index is -0.0628. The number of benzene rings is 1. The number of ether oxygens (including phenoxy) is 1. The van der Waals surface area contributed by atoms with Crippen molar-refractivity contribution in [3.8, 4) is 0 Å². The molecule has 0 radical (unpaired) electrons. The van der Waals surface area contributed by atoms with Crippen LogP contribution in [0.3, 0.4) is 0 Å². The molecule has 4 rings (SSSR count). The van der Waals surface area contributed by atoms with Gasteiger partial charge in [0.25, 0.3) is 5.91 Å². The Morgan fingerprint density at radius 2 is 2.23 bits per heavy atom. The van der Waals surface area contributed by atoms with Crippen molar-refractivity contribution in [2.75, 3.05) is 18.1 Å². The number of aromatic nitrogens is 1. The molecule has 0 saturated carbocycles. The number of rotatable bonds is 5. The van der Waals surface area contributed by atoms with Gasteiger partial charge in [-0.2, -0.15) is 0 Å². The molecule has 4 nitrogen and oxygen atoms in total. The predicted octanol–water partition coefficient (Wildman–Crippen LogP) is 5.40. The number of anilines is 1. The Morgan fingerprint density at radius 3 is 2.92 bits per heavy atom. The highest BCUT2D eigenvalue weighted by atomic mass is 35.5. The van der Waals surface area contributed by atoms with Gasteiger partial charge in [-0.1, -0.05) is 35.9 Å². The van der Waals surface area contributed by atoms with Crippen molar-refractivity contribution in [1.82, 2.24) is 4.98 Å². The van der Waals surface area contributed by atoms with E-state index in [0.29, 0.717) is 15.8 Å². The van der Waals surface area contributed by atoms with E-state index in [-0.39, 0.29) is 12.0 Å². The Hall–Kier alpha value is -1.47. The lowest BCUT2D eigenvalue weighted by Crippen LogP contribution is -2.37. The Kier molecular flexibility index (Phi) is 5.27. The van der Waals surface area contributed by atoms with Crippen LogP contribution in [0.5, 0.6) is 0 Å². The molecule has 1 aromatic carbocycles. The number of carbonyl (C=O) groups is 1. The number of fused-ring (bicyclic) bond motifs is 1. The molecule has 26 heavy (non-hydrogen) atoms. The number of amides is 1. The molecule has 1 aliphatic rings. The molecular formula is C19H19ClN2O2S2. The molecule has 0 spiro atoms. The molecule has 3 heterocycles. The second-order valence-electron chi connectivity index (χ2n) is 6.31. The molecule has 0 N–H and O–H groups in total. The van der Waals surface area contributed by atoms with E-state index in [1.165, 1.54) is 16.9 Å². The number of thiazole rings is 1. The lowest BCUT2D eigenvalue weighted by molar-refractivity contribution is 0.0920. The average molecular weight is 407 g/mol. The van der Waals surface area contributed by atoms with Crippen molar-refractivity contribution in [2.45, 2.75) is 32.3 Å². The Balaban J connectivity index is 1.70. The van der Waals surface area contributed by atoms with E-state index in [1.54, 1.807) is 28.4 Å². The van der Waals surface area contributed by atoms with E-state index in [2.05, 4.69) is 19.1 Å². The lowest BCUT2D eigenvalue weighted by Gasteiger charge is -2.22. The maximum atomic E-state index is 13.1. The summed E-state index contributed by atoms with van der Waals surface area (Å²) in [5.74, 6) is -0.0628. The second kappa shape index (κ2) is 7.64. The van der Waals surface area contributed by atoms with Crippen LogP contribution in [0.2, 0.25) is 4.34 Å². The van der Waals surface area contributed by atoms with Gasteiger partial charge >= 0.3 is 0 Å². The summed E-state index contributed by atoms with van der Waals surface area (Å²) in [6, 6.07) is 9.82. The minimum absolute atomic E-state index is 0.0626. The summed E-state index contributed by atoms with van der Waals surface area (Å²) in [6.45, 7) is 3.42. The average Bonchev–Trinajstić information content (AvgIpc) is 3.38. The van der Waals surface area contributed by atoms with E-state index in [4.69, 9.17) is 21.3 Å². The molecule has 1 saturated heterocycles. The highest BCUT2D eigenvalue weighted by Crippen LogP contribution is 2.33. The summed E-state index contributed by atoms with van der Waals surface area (Å²) in [6.07, 6.45) is 3.06. The summed E-state index contributed by atoms with van der Waals surface area (Å²) >= 11 is 8.89. The van der Waals surface area contributed by atoms with Crippen molar-refractivity contribution in [3.05, 3.63) is 45.1 Å². The third-order valence-electron chi connectivity index (χ3n) is 4.52. The highest BCUT2D eigenvalue weighted by molar-refractivity contribution is 7.22. The van der Waals surface area contributed by atoms with Crippen LogP contribution in [0.15, 0.2) is 30.3 Å². The first-order valence-corrected chi connectivity index (χ1v) is 10.7. The highest BCUT2D eigenvalue weighted by Gasteiger charge is 2.27. The van der Waals surface area contributed by atoms with Crippen molar-refractivity contribution < 1.29 is 9.53 Å². The maximum Gasteiger partial charge on any atom is 0.270 e. The number of nitrogens with zero attached hydrogens (tertiary/aromatic N) is 2. The van der Waals surface area contributed by atoms with Crippen LogP contribution >= 0.6 is 34.3 Å². The molecule has 136 valence electrons. The Labute approximate surface area is 165 Å². The van der Waals surface area contributed by atoms with E-state index in [1.807, 2.05) is 6.07 Å². The summed E-state index contributed by atoms with van der Waals surface area (Å²) in [5, 5.41) is 0.721. The quantitative estimate of drug-likeness (QED) is 0.569. The lowest BCUT2D eigenvalue weighted by atomic mass is 10.2. The van der Waals surface area contributed by atoms with Crippen LogP contribution in [0.4, 0.5) is 5.13 Å². The van der Waals surface area contributed by atoms with Crippen LogP contribution < -0.4 is 4.90 Å². The molecule has 3 aromatic rings. The fourth-order valence-corrected chi connectivity index (χ4v) is 5.12. The van der Waals surface area contributed by atoms with Crippen molar-refractivity contribution >= 4 is 55.5 Å². The molecule has 1 unspecified atom stereocenters. The summed E-state index contributed by atoms with van der Waals surface area (Å²) in [7, 11) is 0. The zero-order valence-corrected chi connectivity index (χ0v) is 16.8. The molecule has 0 aliphatic carbocycles. The first-order valence-electron chi connectivity index (χ1n) is 8.72. The van der Waals surface area contributed by atoms with Crippen molar-refractivity contribution in [3.63, 3.8) is 0 Å². The summed E-state index contributed by atoms with van der Waals surface area (Å²) in [5.41, 5.74) is 2.20. The van der Waals surface area contributed by atoms with Crippen molar-refractivity contribution in [2.24, 2.45) is 0 Å². The smallest absolute Gasteiger partial charge is 0.270 e. The molecule has 1 amide bonds. The maximum absolute atomic E-state index is 13.1.